The zero-order valence-corrected chi connectivity index (χ0v) is 16.2. The first kappa shape index (κ1) is 17.6. The van der Waals surface area contributed by atoms with Crippen molar-refractivity contribution < 1.29 is 9.47 Å². The van der Waals surface area contributed by atoms with Gasteiger partial charge in [0.1, 0.15) is 12.4 Å². The minimum atomic E-state index is 0.493. The van der Waals surface area contributed by atoms with Crippen LogP contribution in [0.1, 0.15) is 52.7 Å². The Labute approximate surface area is 165 Å². The van der Waals surface area contributed by atoms with Crippen LogP contribution >= 0.6 is 0 Å². The highest BCUT2D eigenvalue weighted by Crippen LogP contribution is 2.36. The lowest BCUT2D eigenvalue weighted by Gasteiger charge is -2.27. The average Bonchev–Trinajstić information content (AvgIpc) is 2.99. The van der Waals surface area contributed by atoms with Gasteiger partial charge in [0.05, 0.1) is 12.3 Å². The van der Waals surface area contributed by atoms with Crippen molar-refractivity contribution in [3.8, 4) is 5.69 Å². The number of rotatable bonds is 3. The molecule has 0 aliphatic carbocycles. The second kappa shape index (κ2) is 7.49. The average molecular weight is 375 g/mol. The number of ether oxygens (including phenoxy) is 2. The molecule has 1 fully saturated rings. The van der Waals surface area contributed by atoms with Crippen molar-refractivity contribution in [3.63, 3.8) is 0 Å². The third-order valence-corrected chi connectivity index (χ3v) is 5.94. The van der Waals surface area contributed by atoms with Gasteiger partial charge in [0.2, 0.25) is 0 Å². The lowest BCUT2D eigenvalue weighted by Crippen LogP contribution is -2.17. The molecule has 0 atom stereocenters. The van der Waals surface area contributed by atoms with E-state index in [0.29, 0.717) is 19.1 Å². The Kier molecular flexibility index (Phi) is 4.71. The van der Waals surface area contributed by atoms with E-state index in [9.17, 15) is 0 Å². The van der Waals surface area contributed by atoms with Gasteiger partial charge in [0.25, 0.3) is 0 Å². The maximum atomic E-state index is 6.03. The fraction of sp³-hybridized carbons (Fsp3) is 0.391. The SMILES string of the molecule is Cc1nnc2n1-c1ccc(C3CCOCC3)c(Cc3ccccc3)c1COC2. The second-order valence-electron chi connectivity index (χ2n) is 7.67. The van der Waals surface area contributed by atoms with E-state index < -0.39 is 0 Å². The molecule has 1 aromatic heterocycles. The molecule has 0 radical (unpaired) electrons. The molecule has 5 heteroatoms. The molecule has 2 aliphatic rings. The first-order valence-electron chi connectivity index (χ1n) is 10.1. The fourth-order valence-corrected chi connectivity index (χ4v) is 4.53. The van der Waals surface area contributed by atoms with Gasteiger partial charge >= 0.3 is 0 Å². The molecule has 0 bridgehead atoms. The van der Waals surface area contributed by atoms with Crippen molar-refractivity contribution >= 4 is 0 Å². The van der Waals surface area contributed by atoms with E-state index in [4.69, 9.17) is 9.47 Å². The molecular formula is C23H25N3O2. The molecule has 2 aromatic carbocycles. The minimum absolute atomic E-state index is 0.493. The quantitative estimate of drug-likeness (QED) is 0.692. The zero-order chi connectivity index (χ0) is 18.9. The van der Waals surface area contributed by atoms with Crippen LogP contribution in [-0.2, 0) is 29.1 Å². The van der Waals surface area contributed by atoms with Crippen molar-refractivity contribution in [1.29, 1.82) is 0 Å². The summed E-state index contributed by atoms with van der Waals surface area (Å²) in [6.07, 6.45) is 3.08. The molecule has 1 saturated heterocycles. The van der Waals surface area contributed by atoms with Crippen molar-refractivity contribution in [2.24, 2.45) is 0 Å². The number of aryl methyl sites for hydroxylation is 1. The summed E-state index contributed by atoms with van der Waals surface area (Å²) in [4.78, 5) is 0. The number of fused-ring (bicyclic) bond motifs is 3. The van der Waals surface area contributed by atoms with E-state index in [1.54, 1.807) is 0 Å². The standard InChI is InChI=1S/C23H25N3O2/c1-16-24-25-23-15-28-14-21-20(13-17-5-3-2-4-6-17)19(7-8-22(21)26(16)23)18-9-11-27-12-10-18/h2-8,18H,9-15H2,1H3. The molecule has 0 unspecified atom stereocenters. The molecule has 0 spiro atoms. The van der Waals surface area contributed by atoms with Crippen LogP contribution in [0.5, 0.6) is 0 Å². The molecule has 5 nitrogen and oxygen atoms in total. The van der Waals surface area contributed by atoms with Crippen molar-refractivity contribution in [2.45, 2.75) is 45.3 Å². The Morgan fingerprint density at radius 3 is 2.61 bits per heavy atom. The van der Waals surface area contributed by atoms with Crippen LogP contribution in [0.2, 0.25) is 0 Å². The first-order valence-corrected chi connectivity index (χ1v) is 10.1. The van der Waals surface area contributed by atoms with Gasteiger partial charge in [-0.1, -0.05) is 36.4 Å². The minimum Gasteiger partial charge on any atom is -0.381 e. The van der Waals surface area contributed by atoms with Crippen LogP contribution in [0.3, 0.4) is 0 Å². The lowest BCUT2D eigenvalue weighted by molar-refractivity contribution is 0.0849. The van der Waals surface area contributed by atoms with Crippen LogP contribution in [0.15, 0.2) is 42.5 Å². The highest BCUT2D eigenvalue weighted by molar-refractivity contribution is 5.53. The summed E-state index contributed by atoms with van der Waals surface area (Å²) in [5.41, 5.74) is 6.61. The summed E-state index contributed by atoms with van der Waals surface area (Å²) in [7, 11) is 0. The highest BCUT2D eigenvalue weighted by Gasteiger charge is 2.26. The predicted octanol–water partition coefficient (Wildman–Crippen LogP) is 4.09. The van der Waals surface area contributed by atoms with Crippen molar-refractivity contribution in [3.05, 3.63) is 76.4 Å². The van der Waals surface area contributed by atoms with E-state index in [0.717, 1.165) is 49.8 Å². The number of aromatic nitrogens is 3. The number of hydrogen-bond acceptors (Lipinski definition) is 4. The Morgan fingerprint density at radius 1 is 0.964 bits per heavy atom. The zero-order valence-electron chi connectivity index (χ0n) is 16.2. The second-order valence-corrected chi connectivity index (χ2v) is 7.67. The molecule has 3 aromatic rings. The molecule has 0 N–H and O–H groups in total. The number of hydrogen-bond donors (Lipinski definition) is 0. The molecule has 2 aliphatic heterocycles. The largest absolute Gasteiger partial charge is 0.381 e. The van der Waals surface area contributed by atoms with Gasteiger partial charge in [0.15, 0.2) is 5.82 Å². The van der Waals surface area contributed by atoms with Gasteiger partial charge in [-0.05, 0) is 54.9 Å². The molecule has 28 heavy (non-hydrogen) atoms. The summed E-state index contributed by atoms with van der Waals surface area (Å²) in [6.45, 7) is 4.80. The van der Waals surface area contributed by atoms with E-state index >= 15 is 0 Å². The summed E-state index contributed by atoms with van der Waals surface area (Å²) in [5.74, 6) is 2.33. The Morgan fingerprint density at radius 2 is 1.79 bits per heavy atom. The van der Waals surface area contributed by atoms with Crippen LogP contribution < -0.4 is 0 Å². The molecule has 0 amide bonds. The monoisotopic (exact) mass is 375 g/mol. The highest BCUT2D eigenvalue weighted by atomic mass is 16.5. The Balaban J connectivity index is 1.67. The topological polar surface area (TPSA) is 49.2 Å². The van der Waals surface area contributed by atoms with Gasteiger partial charge in [-0.3, -0.25) is 4.57 Å². The smallest absolute Gasteiger partial charge is 0.163 e. The normalized spacial score (nSPS) is 17.0. The maximum Gasteiger partial charge on any atom is 0.163 e. The molecular weight excluding hydrogens is 350 g/mol. The summed E-state index contributed by atoms with van der Waals surface area (Å²) in [5, 5.41) is 8.59. The van der Waals surface area contributed by atoms with Gasteiger partial charge in [-0.25, -0.2) is 0 Å². The van der Waals surface area contributed by atoms with Crippen molar-refractivity contribution in [2.75, 3.05) is 13.2 Å². The maximum absolute atomic E-state index is 6.03. The van der Waals surface area contributed by atoms with Gasteiger partial charge < -0.3 is 9.47 Å². The van der Waals surface area contributed by atoms with Gasteiger partial charge in [0, 0.05) is 18.8 Å². The van der Waals surface area contributed by atoms with Gasteiger partial charge in [-0.2, -0.15) is 0 Å². The predicted molar refractivity (Wildman–Crippen MR) is 107 cm³/mol. The summed E-state index contributed by atoms with van der Waals surface area (Å²) in [6, 6.07) is 15.3. The van der Waals surface area contributed by atoms with Crippen molar-refractivity contribution in [1.82, 2.24) is 14.8 Å². The van der Waals surface area contributed by atoms with E-state index in [2.05, 4.69) is 57.2 Å². The molecule has 5 rings (SSSR count). The molecule has 0 saturated carbocycles. The number of benzene rings is 2. The Hall–Kier alpha value is -2.50. The van der Waals surface area contributed by atoms with Gasteiger partial charge in [-0.15, -0.1) is 10.2 Å². The molecule has 3 heterocycles. The lowest BCUT2D eigenvalue weighted by atomic mass is 9.83. The first-order chi connectivity index (χ1) is 13.8. The summed E-state index contributed by atoms with van der Waals surface area (Å²) >= 11 is 0. The Bertz CT molecular complexity index is 975. The number of nitrogens with zero attached hydrogens (tertiary/aromatic N) is 3. The summed E-state index contributed by atoms with van der Waals surface area (Å²) < 4.78 is 13.8. The molecule has 144 valence electrons. The van der Waals surface area contributed by atoms with Crippen LogP contribution in [0.25, 0.3) is 5.69 Å². The fourth-order valence-electron chi connectivity index (χ4n) is 4.53. The third kappa shape index (κ3) is 3.15. The van der Waals surface area contributed by atoms with Crippen LogP contribution in [0, 0.1) is 6.92 Å². The third-order valence-electron chi connectivity index (χ3n) is 5.94. The van der Waals surface area contributed by atoms with Crippen LogP contribution in [-0.4, -0.2) is 28.0 Å². The van der Waals surface area contributed by atoms with Crippen LogP contribution in [0.4, 0.5) is 0 Å². The van der Waals surface area contributed by atoms with E-state index in [1.165, 1.54) is 22.3 Å². The van der Waals surface area contributed by atoms with E-state index in [-0.39, 0.29) is 0 Å². The van der Waals surface area contributed by atoms with E-state index in [1.807, 2.05) is 6.92 Å².